The van der Waals surface area contributed by atoms with Gasteiger partial charge < -0.3 is 26.0 Å². The molecule has 2 atom stereocenters. The number of hydrogen-bond donors (Lipinski definition) is 4. The van der Waals surface area contributed by atoms with Gasteiger partial charge >= 0.3 is 12.3 Å². The molecule has 3 aromatic rings. The van der Waals surface area contributed by atoms with E-state index in [0.717, 1.165) is 11.6 Å². The van der Waals surface area contributed by atoms with E-state index in [1.165, 1.54) is 11.0 Å². The van der Waals surface area contributed by atoms with E-state index in [1.54, 1.807) is 24.3 Å². The van der Waals surface area contributed by atoms with Gasteiger partial charge in [-0.05, 0) is 66.1 Å². The normalized spacial score (nSPS) is 17.3. The molecule has 0 bridgehead atoms. The van der Waals surface area contributed by atoms with Crippen LogP contribution >= 0.6 is 0 Å². The van der Waals surface area contributed by atoms with Crippen LogP contribution in [-0.4, -0.2) is 44.6 Å². The maximum Gasteiger partial charge on any atom is 0.421 e. The summed E-state index contributed by atoms with van der Waals surface area (Å²) in [5.74, 6) is -0.865. The van der Waals surface area contributed by atoms with Crippen LogP contribution in [0.2, 0.25) is 0 Å². The molecule has 0 saturated carbocycles. The minimum absolute atomic E-state index is 0.0490. The van der Waals surface area contributed by atoms with Gasteiger partial charge in [-0.3, -0.25) is 4.79 Å². The predicted octanol–water partition coefficient (Wildman–Crippen LogP) is 7.38. The van der Waals surface area contributed by atoms with Crippen molar-refractivity contribution < 1.29 is 27.9 Å². The van der Waals surface area contributed by atoms with Crippen LogP contribution in [0.4, 0.5) is 46.8 Å². The van der Waals surface area contributed by atoms with Gasteiger partial charge in [0.2, 0.25) is 11.9 Å². The summed E-state index contributed by atoms with van der Waals surface area (Å²) in [6.45, 7) is 9.86. The molecule has 1 aliphatic heterocycles. The van der Waals surface area contributed by atoms with Gasteiger partial charge in [0.15, 0.2) is 0 Å². The smallest absolute Gasteiger partial charge is 0.421 e. The summed E-state index contributed by atoms with van der Waals surface area (Å²) in [4.78, 5) is 33.0. The average Bonchev–Trinajstić information content (AvgIpc) is 2.92. The van der Waals surface area contributed by atoms with Gasteiger partial charge in [0.1, 0.15) is 11.4 Å². The lowest BCUT2D eigenvalue weighted by atomic mass is 9.75. The summed E-state index contributed by atoms with van der Waals surface area (Å²) in [5, 5.41) is 17.9. The molecule has 12 heteroatoms. The van der Waals surface area contributed by atoms with Crippen LogP contribution in [0.25, 0.3) is 0 Å². The SMILES string of the molecule is C=CC(=O)Nc1cccc(Nc2nc(Nc3cccc(C4CCN(C(=O)O)C(C(C)(C)C)C4)c3)ncc2C(F)(F)F)c1. The van der Waals surface area contributed by atoms with E-state index in [-0.39, 0.29) is 29.0 Å². The molecule has 9 nitrogen and oxygen atoms in total. The summed E-state index contributed by atoms with van der Waals surface area (Å²) < 4.78 is 41.4. The molecule has 1 aromatic heterocycles. The molecule has 42 heavy (non-hydrogen) atoms. The summed E-state index contributed by atoms with van der Waals surface area (Å²) in [6.07, 6.45) is -2.55. The molecule has 0 aliphatic carbocycles. The van der Waals surface area contributed by atoms with Crippen molar-refractivity contribution in [3.63, 3.8) is 0 Å². The van der Waals surface area contributed by atoms with Gasteiger partial charge in [-0.1, -0.05) is 45.5 Å². The minimum atomic E-state index is -4.72. The molecule has 2 heterocycles. The Labute approximate surface area is 241 Å². The molecule has 2 amide bonds. The third-order valence-corrected chi connectivity index (χ3v) is 7.13. The highest BCUT2D eigenvalue weighted by atomic mass is 19.4. The number of hydrogen-bond acceptors (Lipinski definition) is 6. The summed E-state index contributed by atoms with van der Waals surface area (Å²) in [6, 6.07) is 13.5. The number of halogens is 3. The van der Waals surface area contributed by atoms with Crippen LogP contribution in [-0.2, 0) is 11.0 Å². The lowest BCUT2D eigenvalue weighted by Gasteiger charge is -2.44. The van der Waals surface area contributed by atoms with Gasteiger partial charge in [0.25, 0.3) is 0 Å². The van der Waals surface area contributed by atoms with Crippen LogP contribution in [0.5, 0.6) is 0 Å². The van der Waals surface area contributed by atoms with Crippen molar-refractivity contribution in [2.45, 2.75) is 51.7 Å². The summed E-state index contributed by atoms with van der Waals surface area (Å²) in [5.41, 5.74) is 0.908. The molecule has 1 saturated heterocycles. The Morgan fingerprint density at radius 2 is 1.71 bits per heavy atom. The van der Waals surface area contributed by atoms with E-state index in [4.69, 9.17) is 0 Å². The van der Waals surface area contributed by atoms with Crippen LogP contribution in [0, 0.1) is 5.41 Å². The van der Waals surface area contributed by atoms with Crippen molar-refractivity contribution in [3.8, 4) is 0 Å². The zero-order valence-electron chi connectivity index (χ0n) is 23.5. The number of piperidine rings is 1. The molecular weight excluding hydrogens is 549 g/mol. The third-order valence-electron chi connectivity index (χ3n) is 7.13. The molecule has 4 N–H and O–H groups in total. The van der Waals surface area contributed by atoms with Gasteiger partial charge in [-0.25, -0.2) is 9.78 Å². The molecule has 1 aliphatic rings. The van der Waals surface area contributed by atoms with Crippen LogP contribution in [0.3, 0.4) is 0 Å². The average molecular weight is 583 g/mol. The first kappa shape index (κ1) is 30.4. The third kappa shape index (κ3) is 7.36. The Kier molecular flexibility index (Phi) is 8.74. The minimum Gasteiger partial charge on any atom is -0.465 e. The Morgan fingerprint density at radius 1 is 1.05 bits per heavy atom. The topological polar surface area (TPSA) is 119 Å². The second-order valence-electron chi connectivity index (χ2n) is 11.2. The van der Waals surface area contributed by atoms with E-state index in [2.05, 4.69) is 32.5 Å². The maximum absolute atomic E-state index is 13.8. The fraction of sp³-hybridized carbons (Fsp3) is 0.333. The van der Waals surface area contributed by atoms with Crippen molar-refractivity contribution in [2.75, 3.05) is 22.5 Å². The molecule has 4 rings (SSSR count). The van der Waals surface area contributed by atoms with Gasteiger partial charge in [-0.2, -0.15) is 18.2 Å². The van der Waals surface area contributed by atoms with Gasteiger partial charge in [0, 0.05) is 35.8 Å². The lowest BCUT2D eigenvalue weighted by Crippen LogP contribution is -2.51. The number of benzene rings is 2. The number of carboxylic acid groups (broad SMARTS) is 1. The van der Waals surface area contributed by atoms with E-state index in [9.17, 15) is 27.9 Å². The Morgan fingerprint density at radius 3 is 2.36 bits per heavy atom. The zero-order chi connectivity index (χ0) is 30.7. The van der Waals surface area contributed by atoms with E-state index in [0.29, 0.717) is 37.0 Å². The number of carbonyl (C=O) groups is 2. The molecular formula is C30H33F3N6O3. The fourth-order valence-electron chi connectivity index (χ4n) is 5.07. The standard InChI is InChI=1S/C30H33F3N6O3/c1-5-25(40)35-21-10-7-11-22(16-21)36-26-23(30(31,32)33)17-34-27(38-26)37-20-9-6-8-18(14-20)19-12-13-39(28(41)42)24(15-19)29(2,3)4/h5-11,14,16-17,19,24H,1,12-13,15H2,2-4H3,(H,35,40)(H,41,42)(H2,34,36,37,38). The number of carbonyl (C=O) groups excluding carboxylic acids is 1. The number of amides is 2. The Balaban J connectivity index is 1.57. The summed E-state index contributed by atoms with van der Waals surface area (Å²) >= 11 is 0. The fourth-order valence-corrected chi connectivity index (χ4v) is 5.07. The predicted molar refractivity (Wildman–Crippen MR) is 155 cm³/mol. The molecule has 2 unspecified atom stereocenters. The number of alkyl halides is 3. The summed E-state index contributed by atoms with van der Waals surface area (Å²) in [7, 11) is 0. The van der Waals surface area contributed by atoms with Gasteiger partial charge in [0.05, 0.1) is 0 Å². The quantitative estimate of drug-likeness (QED) is 0.215. The van der Waals surface area contributed by atoms with Gasteiger partial charge in [-0.15, -0.1) is 0 Å². The van der Waals surface area contributed by atoms with Crippen molar-refractivity contribution in [2.24, 2.45) is 5.41 Å². The lowest BCUT2D eigenvalue weighted by molar-refractivity contribution is -0.137. The number of likely N-dealkylation sites (tertiary alicyclic amines) is 1. The van der Waals surface area contributed by atoms with Crippen molar-refractivity contribution in [1.82, 2.24) is 14.9 Å². The molecule has 222 valence electrons. The molecule has 0 spiro atoms. The number of anilines is 5. The Bertz CT molecular complexity index is 1470. The molecule has 0 radical (unpaired) electrons. The maximum atomic E-state index is 13.8. The van der Waals surface area contributed by atoms with E-state index >= 15 is 0 Å². The second kappa shape index (κ2) is 12.1. The first-order valence-corrected chi connectivity index (χ1v) is 13.4. The second-order valence-corrected chi connectivity index (χ2v) is 11.2. The van der Waals surface area contributed by atoms with Crippen LogP contribution in [0.1, 0.15) is 50.7 Å². The Hall–Kier alpha value is -4.61. The number of nitrogens with zero attached hydrogens (tertiary/aromatic N) is 3. The molecule has 1 fully saturated rings. The van der Waals surface area contributed by atoms with Crippen molar-refractivity contribution >= 4 is 40.8 Å². The monoisotopic (exact) mass is 582 g/mol. The highest BCUT2D eigenvalue weighted by molar-refractivity contribution is 5.99. The number of nitrogens with one attached hydrogen (secondary N) is 3. The number of aromatic nitrogens is 2. The molecule has 2 aromatic carbocycles. The van der Waals surface area contributed by atoms with Crippen LogP contribution in [0.15, 0.2) is 67.4 Å². The number of rotatable bonds is 7. The van der Waals surface area contributed by atoms with Crippen molar-refractivity contribution in [3.05, 3.63) is 78.5 Å². The van der Waals surface area contributed by atoms with Crippen molar-refractivity contribution in [1.29, 1.82) is 0 Å². The first-order chi connectivity index (χ1) is 19.7. The van der Waals surface area contributed by atoms with Crippen LogP contribution < -0.4 is 16.0 Å². The zero-order valence-corrected chi connectivity index (χ0v) is 23.5. The highest BCUT2D eigenvalue weighted by Gasteiger charge is 2.39. The van der Waals surface area contributed by atoms with E-state index < -0.39 is 29.6 Å². The largest absolute Gasteiger partial charge is 0.465 e. The van der Waals surface area contributed by atoms with E-state index in [1.807, 2.05) is 39.0 Å². The first-order valence-electron chi connectivity index (χ1n) is 13.4. The highest BCUT2D eigenvalue weighted by Crippen LogP contribution is 2.40.